The fraction of sp³-hybridized carbons (Fsp3) is 0.333. The van der Waals surface area contributed by atoms with E-state index < -0.39 is 10.0 Å². The lowest BCUT2D eigenvalue weighted by molar-refractivity contribution is -0.121. The highest BCUT2D eigenvalue weighted by atomic mass is 32.2. The van der Waals surface area contributed by atoms with E-state index in [2.05, 4.69) is 15.0 Å². The molecule has 2 aromatic rings. The number of aromatic nitrogens is 1. The summed E-state index contributed by atoms with van der Waals surface area (Å²) in [5.74, 6) is -0.223. The zero-order valence-electron chi connectivity index (χ0n) is 14.6. The SMILES string of the molecule is Cc1ccc(S(=O)(=O)NCCC(=O)NC(C)c2cccnc2)cc1C. The maximum Gasteiger partial charge on any atom is 0.240 e. The van der Waals surface area contributed by atoms with Crippen molar-refractivity contribution in [3.8, 4) is 0 Å². The standard InChI is InChI=1S/C18H23N3O3S/c1-13-6-7-17(11-14(13)2)25(23,24)20-10-8-18(22)21-15(3)16-5-4-9-19-12-16/h4-7,9,11-12,15,20H,8,10H2,1-3H3,(H,21,22). The molecular formula is C18H23N3O3S. The molecule has 0 bridgehead atoms. The summed E-state index contributed by atoms with van der Waals surface area (Å²) in [6.07, 6.45) is 3.42. The summed E-state index contributed by atoms with van der Waals surface area (Å²) in [6, 6.07) is 8.46. The second-order valence-corrected chi connectivity index (χ2v) is 7.74. The number of hydrogen-bond acceptors (Lipinski definition) is 4. The summed E-state index contributed by atoms with van der Waals surface area (Å²) >= 11 is 0. The summed E-state index contributed by atoms with van der Waals surface area (Å²) in [7, 11) is -3.62. The average Bonchev–Trinajstić information content (AvgIpc) is 2.57. The number of carbonyl (C=O) groups is 1. The summed E-state index contributed by atoms with van der Waals surface area (Å²) in [4.78, 5) is 16.2. The normalized spacial score (nSPS) is 12.6. The number of pyridine rings is 1. The average molecular weight is 361 g/mol. The molecule has 1 unspecified atom stereocenters. The Morgan fingerprint density at radius 1 is 1.20 bits per heavy atom. The molecule has 7 heteroatoms. The second-order valence-electron chi connectivity index (χ2n) is 5.97. The van der Waals surface area contributed by atoms with Crippen LogP contribution in [-0.4, -0.2) is 25.9 Å². The van der Waals surface area contributed by atoms with Gasteiger partial charge in [-0.3, -0.25) is 9.78 Å². The Hall–Kier alpha value is -2.25. The van der Waals surface area contributed by atoms with E-state index in [1.54, 1.807) is 36.7 Å². The molecule has 0 spiro atoms. The quantitative estimate of drug-likeness (QED) is 0.792. The number of rotatable bonds is 7. The van der Waals surface area contributed by atoms with Gasteiger partial charge in [0.25, 0.3) is 0 Å². The van der Waals surface area contributed by atoms with Crippen LogP contribution in [0.5, 0.6) is 0 Å². The van der Waals surface area contributed by atoms with Gasteiger partial charge >= 0.3 is 0 Å². The smallest absolute Gasteiger partial charge is 0.240 e. The van der Waals surface area contributed by atoms with Crippen LogP contribution in [0.2, 0.25) is 0 Å². The van der Waals surface area contributed by atoms with Gasteiger partial charge < -0.3 is 5.32 Å². The van der Waals surface area contributed by atoms with Gasteiger partial charge in [0.05, 0.1) is 10.9 Å². The number of benzene rings is 1. The van der Waals surface area contributed by atoms with Gasteiger partial charge in [-0.1, -0.05) is 12.1 Å². The number of aryl methyl sites for hydroxylation is 2. The molecule has 1 atom stereocenters. The van der Waals surface area contributed by atoms with Gasteiger partial charge in [0, 0.05) is 25.4 Å². The number of amides is 1. The molecule has 1 aromatic carbocycles. The summed E-state index contributed by atoms with van der Waals surface area (Å²) in [5, 5.41) is 2.83. The van der Waals surface area contributed by atoms with Crippen LogP contribution in [0.4, 0.5) is 0 Å². The first-order valence-electron chi connectivity index (χ1n) is 8.06. The van der Waals surface area contributed by atoms with Gasteiger partial charge in [-0.05, 0) is 55.7 Å². The molecule has 0 aliphatic carbocycles. The predicted molar refractivity (Wildman–Crippen MR) is 96.5 cm³/mol. The predicted octanol–water partition coefficient (Wildman–Crippen LogP) is 2.24. The first kappa shape index (κ1) is 19.1. The molecule has 25 heavy (non-hydrogen) atoms. The Morgan fingerprint density at radius 2 is 1.96 bits per heavy atom. The largest absolute Gasteiger partial charge is 0.349 e. The fourth-order valence-corrected chi connectivity index (χ4v) is 3.41. The van der Waals surface area contributed by atoms with E-state index in [0.717, 1.165) is 16.7 Å². The topological polar surface area (TPSA) is 88.2 Å². The van der Waals surface area contributed by atoms with Crippen molar-refractivity contribution in [3.05, 3.63) is 59.4 Å². The van der Waals surface area contributed by atoms with Crippen LogP contribution in [0.1, 0.15) is 36.1 Å². The fourth-order valence-electron chi connectivity index (χ4n) is 2.29. The van der Waals surface area contributed by atoms with Crippen LogP contribution >= 0.6 is 0 Å². The molecule has 6 nitrogen and oxygen atoms in total. The Labute approximate surface area is 148 Å². The van der Waals surface area contributed by atoms with Crippen molar-refractivity contribution >= 4 is 15.9 Å². The summed E-state index contributed by atoms with van der Waals surface area (Å²) in [6.45, 7) is 5.68. The highest BCUT2D eigenvalue weighted by Gasteiger charge is 2.15. The Balaban J connectivity index is 1.86. The van der Waals surface area contributed by atoms with Gasteiger partial charge in [0.1, 0.15) is 0 Å². The molecule has 2 rings (SSSR count). The molecule has 0 aliphatic rings. The van der Waals surface area contributed by atoms with E-state index in [1.165, 1.54) is 0 Å². The van der Waals surface area contributed by atoms with Crippen LogP contribution in [-0.2, 0) is 14.8 Å². The third-order valence-corrected chi connectivity index (χ3v) is 5.45. The maximum atomic E-state index is 12.3. The lowest BCUT2D eigenvalue weighted by Crippen LogP contribution is -2.32. The lowest BCUT2D eigenvalue weighted by atomic mass is 10.1. The molecule has 134 valence electrons. The van der Waals surface area contributed by atoms with E-state index in [0.29, 0.717) is 0 Å². The Kier molecular flexibility index (Phi) is 6.27. The second kappa shape index (κ2) is 8.22. The lowest BCUT2D eigenvalue weighted by Gasteiger charge is -2.14. The first-order valence-corrected chi connectivity index (χ1v) is 9.54. The highest BCUT2D eigenvalue weighted by molar-refractivity contribution is 7.89. The molecule has 1 amide bonds. The van der Waals surface area contributed by atoms with Gasteiger partial charge in [-0.15, -0.1) is 0 Å². The summed E-state index contributed by atoms with van der Waals surface area (Å²) in [5.41, 5.74) is 2.83. The summed E-state index contributed by atoms with van der Waals surface area (Å²) < 4.78 is 27.0. The van der Waals surface area contributed by atoms with E-state index in [-0.39, 0.29) is 29.8 Å². The molecular weight excluding hydrogens is 338 g/mol. The first-order chi connectivity index (χ1) is 11.8. The number of nitrogens with zero attached hydrogens (tertiary/aromatic N) is 1. The van der Waals surface area contributed by atoms with Crippen LogP contribution < -0.4 is 10.0 Å². The molecule has 0 radical (unpaired) electrons. The van der Waals surface area contributed by atoms with Crippen molar-refractivity contribution in [2.24, 2.45) is 0 Å². The maximum absolute atomic E-state index is 12.3. The number of carbonyl (C=O) groups excluding carboxylic acids is 1. The number of hydrogen-bond donors (Lipinski definition) is 2. The van der Waals surface area contributed by atoms with Gasteiger partial charge in [-0.2, -0.15) is 0 Å². The number of nitrogens with one attached hydrogen (secondary N) is 2. The minimum atomic E-state index is -3.62. The molecule has 0 saturated carbocycles. The minimum absolute atomic E-state index is 0.0425. The van der Waals surface area contributed by atoms with Crippen molar-refractivity contribution in [3.63, 3.8) is 0 Å². The third-order valence-electron chi connectivity index (χ3n) is 3.99. The van der Waals surface area contributed by atoms with Gasteiger partial charge in [0.2, 0.25) is 15.9 Å². The van der Waals surface area contributed by atoms with Gasteiger partial charge in [-0.25, -0.2) is 13.1 Å². The monoisotopic (exact) mass is 361 g/mol. The zero-order chi connectivity index (χ0) is 18.4. The minimum Gasteiger partial charge on any atom is -0.349 e. The van der Waals surface area contributed by atoms with Crippen molar-refractivity contribution in [1.29, 1.82) is 0 Å². The Bertz CT molecular complexity index is 836. The van der Waals surface area contributed by atoms with E-state index >= 15 is 0 Å². The zero-order valence-corrected chi connectivity index (χ0v) is 15.4. The van der Waals surface area contributed by atoms with Crippen LogP contribution in [0.15, 0.2) is 47.6 Å². The van der Waals surface area contributed by atoms with E-state index in [1.807, 2.05) is 26.8 Å². The molecule has 1 aromatic heterocycles. The van der Waals surface area contributed by atoms with Crippen molar-refractivity contribution in [2.45, 2.75) is 38.1 Å². The van der Waals surface area contributed by atoms with Crippen molar-refractivity contribution < 1.29 is 13.2 Å². The molecule has 2 N–H and O–H groups in total. The van der Waals surface area contributed by atoms with Crippen molar-refractivity contribution in [1.82, 2.24) is 15.0 Å². The van der Waals surface area contributed by atoms with E-state index in [4.69, 9.17) is 0 Å². The Morgan fingerprint density at radius 3 is 2.60 bits per heavy atom. The van der Waals surface area contributed by atoms with Crippen molar-refractivity contribution in [2.75, 3.05) is 6.54 Å². The third kappa shape index (κ3) is 5.37. The molecule has 0 saturated heterocycles. The molecule has 1 heterocycles. The molecule has 0 fully saturated rings. The van der Waals surface area contributed by atoms with Crippen LogP contribution in [0.25, 0.3) is 0 Å². The van der Waals surface area contributed by atoms with Crippen LogP contribution in [0.3, 0.4) is 0 Å². The van der Waals surface area contributed by atoms with Gasteiger partial charge in [0.15, 0.2) is 0 Å². The number of sulfonamides is 1. The highest BCUT2D eigenvalue weighted by Crippen LogP contribution is 2.14. The van der Waals surface area contributed by atoms with E-state index in [9.17, 15) is 13.2 Å². The van der Waals surface area contributed by atoms with Crippen LogP contribution in [0, 0.1) is 13.8 Å². The molecule has 0 aliphatic heterocycles.